The minimum Gasteiger partial charge on any atom is -0.329 e. The number of hydrogen-bond donors (Lipinski definition) is 1. The fourth-order valence-electron chi connectivity index (χ4n) is 1.86. The smallest absolute Gasteiger partial charge is 0.175 e. The Kier molecular flexibility index (Phi) is 4.01. The van der Waals surface area contributed by atoms with E-state index in [0.29, 0.717) is 11.4 Å². The van der Waals surface area contributed by atoms with Crippen LogP contribution in [-0.4, -0.2) is 31.3 Å². The zero-order valence-corrected chi connectivity index (χ0v) is 11.8. The summed E-state index contributed by atoms with van der Waals surface area (Å²) < 4.78 is 24.8. The summed E-state index contributed by atoms with van der Waals surface area (Å²) in [5.74, 6) is 0. The zero-order valence-electron chi connectivity index (χ0n) is 11.0. The Labute approximate surface area is 113 Å². The molecule has 1 heterocycles. The van der Waals surface area contributed by atoms with Gasteiger partial charge in [0.05, 0.1) is 16.9 Å². The minimum atomic E-state index is -3.13. The molecule has 0 spiro atoms. The van der Waals surface area contributed by atoms with Crippen molar-refractivity contribution in [3.05, 3.63) is 48.0 Å². The summed E-state index contributed by atoms with van der Waals surface area (Å²) in [5.41, 5.74) is 2.14. The van der Waals surface area contributed by atoms with Crippen LogP contribution in [0.25, 0.3) is 0 Å². The molecule has 6 heteroatoms. The van der Waals surface area contributed by atoms with Crippen LogP contribution < -0.4 is 5.32 Å². The molecule has 1 aromatic carbocycles. The Balaban J connectivity index is 2.18. The van der Waals surface area contributed by atoms with E-state index >= 15 is 0 Å². The highest BCUT2D eigenvalue weighted by molar-refractivity contribution is 7.90. The van der Waals surface area contributed by atoms with E-state index in [2.05, 4.69) is 10.3 Å². The molecule has 1 aromatic heterocycles. The Morgan fingerprint density at radius 1 is 1.26 bits per heavy atom. The summed E-state index contributed by atoms with van der Waals surface area (Å²) in [6.07, 6.45) is 4.81. The molecular weight excluding hydrogens is 262 g/mol. The van der Waals surface area contributed by atoms with Gasteiger partial charge in [-0.25, -0.2) is 13.4 Å². The topological polar surface area (TPSA) is 64.0 Å². The van der Waals surface area contributed by atoms with Crippen LogP contribution in [0, 0.1) is 0 Å². The predicted octanol–water partition coefficient (Wildman–Crippen LogP) is 1.05. The lowest BCUT2D eigenvalue weighted by atomic mass is 10.2. The van der Waals surface area contributed by atoms with E-state index in [9.17, 15) is 8.42 Å². The SMILES string of the molecule is CNCc1cncn1Cc1ccc(S(C)(=O)=O)cc1. The van der Waals surface area contributed by atoms with Crippen LogP contribution in [0.5, 0.6) is 0 Å². The molecule has 0 unspecified atom stereocenters. The zero-order chi connectivity index (χ0) is 13.9. The largest absolute Gasteiger partial charge is 0.329 e. The molecule has 0 fully saturated rings. The van der Waals surface area contributed by atoms with Crippen molar-refractivity contribution in [3.63, 3.8) is 0 Å². The number of nitrogens with one attached hydrogen (secondary N) is 1. The molecule has 0 bridgehead atoms. The van der Waals surface area contributed by atoms with Gasteiger partial charge < -0.3 is 9.88 Å². The maximum atomic E-state index is 11.4. The lowest BCUT2D eigenvalue weighted by Gasteiger charge is -2.08. The predicted molar refractivity (Wildman–Crippen MR) is 73.6 cm³/mol. The lowest BCUT2D eigenvalue weighted by molar-refractivity contribution is 0.602. The van der Waals surface area contributed by atoms with Crippen molar-refractivity contribution in [1.82, 2.24) is 14.9 Å². The number of imidazole rings is 1. The first kappa shape index (κ1) is 13.8. The molecule has 0 aliphatic heterocycles. The molecule has 0 aliphatic rings. The van der Waals surface area contributed by atoms with E-state index < -0.39 is 9.84 Å². The van der Waals surface area contributed by atoms with E-state index in [4.69, 9.17) is 0 Å². The quantitative estimate of drug-likeness (QED) is 0.888. The van der Waals surface area contributed by atoms with Crippen molar-refractivity contribution in [2.24, 2.45) is 0 Å². The number of benzene rings is 1. The Hall–Kier alpha value is -1.66. The molecule has 1 N–H and O–H groups in total. The van der Waals surface area contributed by atoms with Crippen molar-refractivity contribution in [2.45, 2.75) is 18.0 Å². The molecule has 0 saturated carbocycles. The van der Waals surface area contributed by atoms with Crippen molar-refractivity contribution < 1.29 is 8.42 Å². The van der Waals surface area contributed by atoms with Crippen LogP contribution in [0.15, 0.2) is 41.7 Å². The van der Waals surface area contributed by atoms with Crippen LogP contribution in [0.3, 0.4) is 0 Å². The molecule has 5 nitrogen and oxygen atoms in total. The van der Waals surface area contributed by atoms with Crippen molar-refractivity contribution in [3.8, 4) is 0 Å². The Morgan fingerprint density at radius 3 is 2.53 bits per heavy atom. The number of aromatic nitrogens is 2. The molecule has 2 rings (SSSR count). The Bertz CT molecular complexity index is 645. The van der Waals surface area contributed by atoms with Gasteiger partial charge in [0.25, 0.3) is 0 Å². The highest BCUT2D eigenvalue weighted by Gasteiger charge is 2.07. The highest BCUT2D eigenvalue weighted by atomic mass is 32.2. The molecule has 0 atom stereocenters. The second-order valence-corrected chi connectivity index (χ2v) is 6.48. The minimum absolute atomic E-state index is 0.345. The summed E-state index contributed by atoms with van der Waals surface area (Å²) in [5, 5.41) is 3.09. The standard InChI is InChI=1S/C13H17N3O2S/c1-14-7-12-8-15-10-16(12)9-11-3-5-13(6-4-11)19(2,17)18/h3-6,8,10,14H,7,9H2,1-2H3. The maximum Gasteiger partial charge on any atom is 0.175 e. The van der Waals surface area contributed by atoms with Crippen LogP contribution in [0.4, 0.5) is 0 Å². The van der Waals surface area contributed by atoms with E-state index in [-0.39, 0.29) is 0 Å². The molecule has 19 heavy (non-hydrogen) atoms. The monoisotopic (exact) mass is 279 g/mol. The van der Waals surface area contributed by atoms with Crippen molar-refractivity contribution in [2.75, 3.05) is 13.3 Å². The van der Waals surface area contributed by atoms with Crippen molar-refractivity contribution >= 4 is 9.84 Å². The van der Waals surface area contributed by atoms with Gasteiger partial charge in [-0.3, -0.25) is 0 Å². The number of sulfone groups is 1. The lowest BCUT2D eigenvalue weighted by Crippen LogP contribution is -2.11. The van der Waals surface area contributed by atoms with E-state index in [1.54, 1.807) is 18.5 Å². The second-order valence-electron chi connectivity index (χ2n) is 4.46. The van der Waals surface area contributed by atoms with Gasteiger partial charge >= 0.3 is 0 Å². The van der Waals surface area contributed by atoms with E-state index in [1.165, 1.54) is 6.26 Å². The summed E-state index contributed by atoms with van der Waals surface area (Å²) in [7, 11) is -1.24. The number of rotatable bonds is 5. The number of nitrogens with zero attached hydrogens (tertiary/aromatic N) is 2. The fourth-order valence-corrected chi connectivity index (χ4v) is 2.49. The first-order chi connectivity index (χ1) is 9.00. The third kappa shape index (κ3) is 3.42. The average Bonchev–Trinajstić information content (AvgIpc) is 2.77. The normalized spacial score (nSPS) is 11.7. The summed E-state index contributed by atoms with van der Waals surface area (Å²) in [6, 6.07) is 6.94. The molecular formula is C13H17N3O2S. The number of hydrogen-bond acceptors (Lipinski definition) is 4. The molecule has 0 saturated heterocycles. The van der Waals surface area contributed by atoms with Crippen LogP contribution >= 0.6 is 0 Å². The molecule has 0 amide bonds. The van der Waals surface area contributed by atoms with Crippen molar-refractivity contribution in [1.29, 1.82) is 0 Å². The fraction of sp³-hybridized carbons (Fsp3) is 0.308. The summed E-state index contributed by atoms with van der Waals surface area (Å²) in [6.45, 7) is 1.43. The van der Waals surface area contributed by atoms with Gasteiger partial charge in [0.1, 0.15) is 0 Å². The molecule has 102 valence electrons. The van der Waals surface area contributed by atoms with Gasteiger partial charge in [-0.15, -0.1) is 0 Å². The molecule has 2 aromatic rings. The Morgan fingerprint density at radius 2 is 1.95 bits per heavy atom. The molecule has 0 radical (unpaired) electrons. The summed E-state index contributed by atoms with van der Waals surface area (Å²) >= 11 is 0. The second kappa shape index (κ2) is 5.54. The average molecular weight is 279 g/mol. The van der Waals surface area contributed by atoms with E-state index in [0.717, 1.165) is 17.8 Å². The van der Waals surface area contributed by atoms with Gasteiger partial charge in [0.2, 0.25) is 0 Å². The van der Waals surface area contributed by atoms with Gasteiger partial charge in [-0.05, 0) is 24.7 Å². The first-order valence-corrected chi connectivity index (χ1v) is 7.82. The van der Waals surface area contributed by atoms with Crippen LogP contribution in [0.1, 0.15) is 11.3 Å². The van der Waals surface area contributed by atoms with Crippen LogP contribution in [-0.2, 0) is 22.9 Å². The van der Waals surface area contributed by atoms with Gasteiger partial charge in [-0.2, -0.15) is 0 Å². The van der Waals surface area contributed by atoms with Gasteiger partial charge in [0, 0.05) is 25.5 Å². The third-order valence-corrected chi connectivity index (χ3v) is 3.99. The molecule has 0 aliphatic carbocycles. The third-order valence-electron chi connectivity index (χ3n) is 2.86. The maximum absolute atomic E-state index is 11.4. The van der Waals surface area contributed by atoms with Crippen LogP contribution in [0.2, 0.25) is 0 Å². The van der Waals surface area contributed by atoms with E-state index in [1.807, 2.05) is 29.9 Å². The van der Waals surface area contributed by atoms with Gasteiger partial charge in [0.15, 0.2) is 9.84 Å². The first-order valence-electron chi connectivity index (χ1n) is 5.93. The summed E-state index contributed by atoms with van der Waals surface area (Å²) in [4.78, 5) is 4.47. The highest BCUT2D eigenvalue weighted by Crippen LogP contribution is 2.12. The van der Waals surface area contributed by atoms with Gasteiger partial charge in [-0.1, -0.05) is 12.1 Å².